The number of hydrogen-bond donors (Lipinski definition) is 2. The molecule has 0 radical (unpaired) electrons. The van der Waals surface area contributed by atoms with E-state index in [9.17, 15) is 17.6 Å². The number of sulfonamides is 1. The molecule has 8 nitrogen and oxygen atoms in total. The maximum absolute atomic E-state index is 14.0. The molecule has 1 aromatic rings. The van der Waals surface area contributed by atoms with Crippen LogP contribution in [-0.4, -0.2) is 75.2 Å². The minimum Gasteiger partial charge on any atom is -0.465 e. The first-order chi connectivity index (χ1) is 13.2. The summed E-state index contributed by atoms with van der Waals surface area (Å²) in [6.45, 7) is 5.41. The SMILES string of the molecule is NS(=O)(=O)c1ccc(N2CCN(CCC3CCN(C(=O)O)CC3)CC2)cc1F. The van der Waals surface area contributed by atoms with Crippen LogP contribution in [0, 0.1) is 11.7 Å². The molecule has 0 spiro atoms. The summed E-state index contributed by atoms with van der Waals surface area (Å²) in [6.07, 6.45) is 2.07. The summed E-state index contributed by atoms with van der Waals surface area (Å²) in [7, 11) is -4.05. The second-order valence-corrected chi connectivity index (χ2v) is 9.02. The molecule has 0 aromatic heterocycles. The molecular weight excluding hydrogens is 387 g/mol. The van der Waals surface area contributed by atoms with Crippen molar-refractivity contribution in [2.45, 2.75) is 24.2 Å². The summed E-state index contributed by atoms with van der Waals surface area (Å²) >= 11 is 0. The Morgan fingerprint density at radius 3 is 2.32 bits per heavy atom. The molecule has 1 aromatic carbocycles. The van der Waals surface area contributed by atoms with Crippen molar-refractivity contribution in [3.05, 3.63) is 24.0 Å². The smallest absolute Gasteiger partial charge is 0.407 e. The molecule has 2 aliphatic rings. The predicted octanol–water partition coefficient (Wildman–Crippen LogP) is 1.38. The highest BCUT2D eigenvalue weighted by atomic mass is 32.2. The number of anilines is 1. The summed E-state index contributed by atoms with van der Waals surface area (Å²) < 4.78 is 36.7. The zero-order valence-electron chi connectivity index (χ0n) is 15.8. The van der Waals surface area contributed by atoms with Crippen LogP contribution in [0.25, 0.3) is 0 Å². The number of nitrogens with zero attached hydrogens (tertiary/aromatic N) is 3. The second-order valence-electron chi connectivity index (χ2n) is 7.49. The van der Waals surface area contributed by atoms with E-state index >= 15 is 0 Å². The molecule has 0 atom stereocenters. The normalized spacial score (nSPS) is 19.8. The lowest BCUT2D eigenvalue weighted by Crippen LogP contribution is -2.47. The third kappa shape index (κ3) is 5.12. The number of primary sulfonamides is 1. The number of rotatable bonds is 5. The van der Waals surface area contributed by atoms with Gasteiger partial charge in [0.05, 0.1) is 0 Å². The van der Waals surface area contributed by atoms with Crippen LogP contribution in [0.3, 0.4) is 0 Å². The molecule has 28 heavy (non-hydrogen) atoms. The van der Waals surface area contributed by atoms with Gasteiger partial charge in [0.2, 0.25) is 10.0 Å². The lowest BCUT2D eigenvalue weighted by molar-refractivity contribution is 0.119. The van der Waals surface area contributed by atoms with E-state index in [4.69, 9.17) is 10.2 Å². The van der Waals surface area contributed by atoms with Gasteiger partial charge in [-0.2, -0.15) is 0 Å². The van der Waals surface area contributed by atoms with Gasteiger partial charge in [0.15, 0.2) is 0 Å². The molecule has 2 fully saturated rings. The van der Waals surface area contributed by atoms with Crippen molar-refractivity contribution in [2.75, 3.05) is 50.7 Å². The first-order valence-electron chi connectivity index (χ1n) is 9.51. The van der Waals surface area contributed by atoms with Gasteiger partial charge in [-0.3, -0.25) is 4.90 Å². The van der Waals surface area contributed by atoms with Crippen molar-refractivity contribution < 1.29 is 22.7 Å². The lowest BCUT2D eigenvalue weighted by Gasteiger charge is -2.37. The predicted molar refractivity (Wildman–Crippen MR) is 103 cm³/mol. The van der Waals surface area contributed by atoms with Crippen LogP contribution in [0.4, 0.5) is 14.9 Å². The molecule has 2 saturated heterocycles. The first kappa shape index (κ1) is 20.8. The molecule has 1 amide bonds. The molecule has 2 aliphatic heterocycles. The Kier molecular flexibility index (Phi) is 6.41. The quantitative estimate of drug-likeness (QED) is 0.754. The van der Waals surface area contributed by atoms with Gasteiger partial charge in [0.1, 0.15) is 10.7 Å². The largest absolute Gasteiger partial charge is 0.465 e. The van der Waals surface area contributed by atoms with Crippen molar-refractivity contribution in [3.8, 4) is 0 Å². The van der Waals surface area contributed by atoms with Crippen LogP contribution in [-0.2, 0) is 10.0 Å². The number of likely N-dealkylation sites (tertiary alicyclic amines) is 1. The number of hydrogen-bond acceptors (Lipinski definition) is 5. The highest BCUT2D eigenvalue weighted by Gasteiger charge is 2.24. The van der Waals surface area contributed by atoms with Crippen molar-refractivity contribution in [1.29, 1.82) is 0 Å². The number of amides is 1. The molecule has 3 rings (SSSR count). The maximum atomic E-state index is 14.0. The van der Waals surface area contributed by atoms with Crippen LogP contribution in [0.15, 0.2) is 23.1 Å². The number of piperidine rings is 1. The molecule has 3 N–H and O–H groups in total. The van der Waals surface area contributed by atoms with E-state index in [0.717, 1.165) is 52.0 Å². The van der Waals surface area contributed by atoms with E-state index < -0.39 is 26.8 Å². The van der Waals surface area contributed by atoms with E-state index in [-0.39, 0.29) is 0 Å². The maximum Gasteiger partial charge on any atom is 0.407 e. The number of benzene rings is 1. The van der Waals surface area contributed by atoms with Gasteiger partial charge >= 0.3 is 6.09 Å². The number of piperazine rings is 1. The monoisotopic (exact) mass is 414 g/mol. The van der Waals surface area contributed by atoms with Gasteiger partial charge in [-0.25, -0.2) is 22.7 Å². The average molecular weight is 415 g/mol. The van der Waals surface area contributed by atoms with Gasteiger partial charge in [-0.15, -0.1) is 0 Å². The highest BCUT2D eigenvalue weighted by molar-refractivity contribution is 7.89. The first-order valence-corrected chi connectivity index (χ1v) is 11.1. The van der Waals surface area contributed by atoms with Gasteiger partial charge in [-0.05, 0) is 49.9 Å². The highest BCUT2D eigenvalue weighted by Crippen LogP contribution is 2.24. The third-order valence-electron chi connectivity index (χ3n) is 5.70. The zero-order valence-corrected chi connectivity index (χ0v) is 16.6. The van der Waals surface area contributed by atoms with Crippen LogP contribution < -0.4 is 10.0 Å². The summed E-state index contributed by atoms with van der Waals surface area (Å²) in [6, 6.07) is 4.04. The Morgan fingerprint density at radius 2 is 1.79 bits per heavy atom. The Morgan fingerprint density at radius 1 is 1.14 bits per heavy atom. The van der Waals surface area contributed by atoms with Gasteiger partial charge in [0.25, 0.3) is 0 Å². The van der Waals surface area contributed by atoms with E-state index in [2.05, 4.69) is 4.90 Å². The molecule has 0 aliphatic carbocycles. The van der Waals surface area contributed by atoms with Crippen LogP contribution >= 0.6 is 0 Å². The Balaban J connectivity index is 1.45. The lowest BCUT2D eigenvalue weighted by atomic mass is 9.93. The van der Waals surface area contributed by atoms with E-state index in [1.54, 1.807) is 6.07 Å². The van der Waals surface area contributed by atoms with Crippen molar-refractivity contribution >= 4 is 21.8 Å². The Hall–Kier alpha value is -1.91. The summed E-state index contributed by atoms with van der Waals surface area (Å²) in [5.74, 6) is -0.261. The third-order valence-corrected chi connectivity index (χ3v) is 6.64. The summed E-state index contributed by atoms with van der Waals surface area (Å²) in [4.78, 5) is 16.4. The standard InChI is InChI=1S/C18H27FN4O4S/c19-16-13-15(1-2-17(16)28(20,26)27)22-11-9-21(10-12-22)6-3-14-4-7-23(8-5-14)18(24)25/h1-2,13-14H,3-12H2,(H,24,25)(H2,20,26,27). The van der Waals surface area contributed by atoms with Crippen LogP contribution in [0.2, 0.25) is 0 Å². The number of carbonyl (C=O) groups is 1. The Labute approximate surface area is 164 Å². The Bertz CT molecular complexity index is 804. The van der Waals surface area contributed by atoms with Gasteiger partial charge < -0.3 is 14.9 Å². The average Bonchev–Trinajstić information content (AvgIpc) is 2.66. The number of nitrogens with two attached hydrogens (primary N) is 1. The number of carboxylic acid groups (broad SMARTS) is 1. The molecule has 0 unspecified atom stereocenters. The van der Waals surface area contributed by atoms with Gasteiger partial charge in [0, 0.05) is 45.0 Å². The van der Waals surface area contributed by atoms with Crippen LogP contribution in [0.5, 0.6) is 0 Å². The van der Waals surface area contributed by atoms with Gasteiger partial charge in [-0.1, -0.05) is 0 Å². The van der Waals surface area contributed by atoms with Crippen LogP contribution in [0.1, 0.15) is 19.3 Å². The molecule has 2 heterocycles. The summed E-state index contributed by atoms with van der Waals surface area (Å²) in [5.41, 5.74) is 0.658. The molecule has 10 heteroatoms. The fourth-order valence-electron chi connectivity index (χ4n) is 3.92. The molecule has 0 saturated carbocycles. The minimum absolute atomic E-state index is 0.483. The van der Waals surface area contributed by atoms with Crippen molar-refractivity contribution in [1.82, 2.24) is 9.80 Å². The fraction of sp³-hybridized carbons (Fsp3) is 0.611. The fourth-order valence-corrected chi connectivity index (χ4v) is 4.51. The second kappa shape index (κ2) is 8.62. The van der Waals surface area contributed by atoms with Crippen molar-refractivity contribution in [2.24, 2.45) is 11.1 Å². The topological polar surface area (TPSA) is 107 Å². The van der Waals surface area contributed by atoms with E-state index in [1.165, 1.54) is 17.0 Å². The van der Waals surface area contributed by atoms with Crippen molar-refractivity contribution in [3.63, 3.8) is 0 Å². The van der Waals surface area contributed by atoms with E-state index in [0.29, 0.717) is 24.7 Å². The molecule has 156 valence electrons. The summed E-state index contributed by atoms with van der Waals surface area (Å²) in [5, 5.41) is 14.0. The van der Waals surface area contributed by atoms with E-state index in [1.807, 2.05) is 4.90 Å². The number of halogens is 1. The zero-order chi connectivity index (χ0) is 20.3. The molecular formula is C18H27FN4O4S. The minimum atomic E-state index is -4.05. The molecule has 0 bridgehead atoms.